The Morgan fingerprint density at radius 2 is 1.87 bits per heavy atom. The van der Waals surface area contributed by atoms with Crippen LogP contribution in [-0.4, -0.2) is 39.1 Å². The number of hydrogen-bond donors (Lipinski definition) is 2. The summed E-state index contributed by atoms with van der Waals surface area (Å²) in [4.78, 5) is 27.3. The van der Waals surface area contributed by atoms with Gasteiger partial charge in [0.25, 0.3) is 0 Å². The van der Waals surface area contributed by atoms with Gasteiger partial charge in [-0.3, -0.25) is 9.59 Å². The van der Waals surface area contributed by atoms with Crippen molar-refractivity contribution in [3.05, 3.63) is 48.0 Å². The number of thioether (sulfide) groups is 1. The fourth-order valence-corrected chi connectivity index (χ4v) is 5.37. The summed E-state index contributed by atoms with van der Waals surface area (Å²) < 4.78 is 28.6. The van der Waals surface area contributed by atoms with Gasteiger partial charge in [-0.05, 0) is 60.6 Å². The fraction of sp³-hybridized carbons (Fsp3) is 0.364. The molecule has 31 heavy (non-hydrogen) atoms. The lowest BCUT2D eigenvalue weighted by atomic mass is 10.0. The zero-order chi connectivity index (χ0) is 22.8. The Balaban J connectivity index is 1.80. The Hall–Kier alpha value is -2.36. The van der Waals surface area contributed by atoms with E-state index in [1.165, 1.54) is 13.0 Å². The number of carbonyl (C=O) groups excluding carboxylic acids is 2. The summed E-state index contributed by atoms with van der Waals surface area (Å²) in [5, 5.41) is 2.81. The molecule has 0 saturated carbocycles. The molecule has 1 unspecified atom stereocenters. The Labute approximate surface area is 187 Å². The molecule has 9 heteroatoms. The van der Waals surface area contributed by atoms with E-state index in [4.69, 9.17) is 0 Å². The van der Waals surface area contributed by atoms with Gasteiger partial charge in [0, 0.05) is 29.7 Å². The van der Waals surface area contributed by atoms with E-state index < -0.39 is 22.0 Å². The molecule has 0 spiro atoms. The van der Waals surface area contributed by atoms with Crippen LogP contribution in [0.2, 0.25) is 0 Å². The second-order valence-electron chi connectivity index (χ2n) is 7.78. The number of fused-ring (bicyclic) bond motifs is 1. The number of nitrogens with zero attached hydrogens (tertiary/aromatic N) is 1. The molecule has 2 aromatic carbocycles. The Morgan fingerprint density at radius 3 is 2.52 bits per heavy atom. The first-order valence-corrected chi connectivity index (χ1v) is 12.7. The third kappa shape index (κ3) is 5.28. The molecular weight excluding hydrogens is 434 g/mol. The minimum Gasteiger partial charge on any atom is -0.325 e. The predicted octanol–water partition coefficient (Wildman–Crippen LogP) is 3.26. The van der Waals surface area contributed by atoms with E-state index in [9.17, 15) is 18.0 Å². The van der Waals surface area contributed by atoms with E-state index in [-0.39, 0.29) is 16.7 Å². The zero-order valence-electron chi connectivity index (χ0n) is 18.0. The average molecular weight is 462 g/mol. The average Bonchev–Trinajstić information content (AvgIpc) is 3.15. The molecule has 0 aliphatic carbocycles. The third-order valence-corrected chi connectivity index (χ3v) is 7.37. The van der Waals surface area contributed by atoms with Crippen LogP contribution < -0.4 is 14.9 Å². The molecule has 2 amide bonds. The lowest BCUT2D eigenvalue weighted by Crippen LogP contribution is -2.47. The van der Waals surface area contributed by atoms with E-state index >= 15 is 0 Å². The van der Waals surface area contributed by atoms with Gasteiger partial charge < -0.3 is 10.2 Å². The van der Waals surface area contributed by atoms with Gasteiger partial charge in [0.05, 0.1) is 4.90 Å². The molecule has 0 saturated heterocycles. The molecule has 0 fully saturated rings. The van der Waals surface area contributed by atoms with Crippen molar-refractivity contribution in [2.45, 2.75) is 43.0 Å². The molecular formula is C22H27N3O4S2. The molecule has 1 aliphatic heterocycles. The maximum atomic E-state index is 13.0. The van der Waals surface area contributed by atoms with E-state index in [0.717, 1.165) is 16.1 Å². The monoisotopic (exact) mass is 461 g/mol. The summed E-state index contributed by atoms with van der Waals surface area (Å²) in [6.07, 6.45) is 2.54. The van der Waals surface area contributed by atoms with Crippen molar-refractivity contribution in [1.29, 1.82) is 0 Å². The maximum absolute atomic E-state index is 13.0. The molecule has 0 radical (unpaired) electrons. The summed E-state index contributed by atoms with van der Waals surface area (Å²) in [6.45, 7) is 5.60. The molecule has 0 bridgehead atoms. The number of carbonyl (C=O) groups is 2. The highest BCUT2D eigenvalue weighted by atomic mass is 32.2. The SMILES string of the molecule is CSc1cccc(NC(=O)C(NS(=O)(=O)c2ccc3c(c2)CCN3C(C)=O)C(C)C)c1. The van der Waals surface area contributed by atoms with Crippen LogP contribution in [0.1, 0.15) is 26.3 Å². The van der Waals surface area contributed by atoms with Crippen LogP contribution in [0.15, 0.2) is 52.3 Å². The minimum atomic E-state index is -3.93. The van der Waals surface area contributed by atoms with Gasteiger partial charge in [0.15, 0.2) is 0 Å². The predicted molar refractivity (Wildman–Crippen MR) is 124 cm³/mol. The van der Waals surface area contributed by atoms with Gasteiger partial charge >= 0.3 is 0 Å². The number of nitrogens with one attached hydrogen (secondary N) is 2. The van der Waals surface area contributed by atoms with Gasteiger partial charge in [-0.2, -0.15) is 4.72 Å². The van der Waals surface area contributed by atoms with Crippen LogP contribution in [-0.2, 0) is 26.0 Å². The highest BCUT2D eigenvalue weighted by Crippen LogP contribution is 2.30. The van der Waals surface area contributed by atoms with Gasteiger partial charge in [0.2, 0.25) is 21.8 Å². The lowest BCUT2D eigenvalue weighted by Gasteiger charge is -2.22. The van der Waals surface area contributed by atoms with Gasteiger partial charge in [-0.1, -0.05) is 19.9 Å². The Morgan fingerprint density at radius 1 is 1.13 bits per heavy atom. The molecule has 1 aliphatic rings. The Bertz CT molecular complexity index is 1100. The van der Waals surface area contributed by atoms with Crippen LogP contribution in [0.25, 0.3) is 0 Å². The number of anilines is 2. The van der Waals surface area contributed by atoms with Crippen molar-refractivity contribution in [1.82, 2.24) is 4.72 Å². The minimum absolute atomic E-state index is 0.0745. The van der Waals surface area contributed by atoms with Gasteiger partial charge in [0.1, 0.15) is 6.04 Å². The summed E-state index contributed by atoms with van der Waals surface area (Å²) in [5.41, 5.74) is 2.15. The van der Waals surface area contributed by atoms with E-state index in [1.807, 2.05) is 24.5 Å². The summed E-state index contributed by atoms with van der Waals surface area (Å²) >= 11 is 1.56. The van der Waals surface area contributed by atoms with Crippen molar-refractivity contribution in [2.75, 3.05) is 23.0 Å². The van der Waals surface area contributed by atoms with Crippen molar-refractivity contribution >= 4 is 45.0 Å². The van der Waals surface area contributed by atoms with Crippen LogP contribution in [0.4, 0.5) is 11.4 Å². The lowest BCUT2D eigenvalue weighted by molar-refractivity contribution is -0.118. The molecule has 0 aromatic heterocycles. The van der Waals surface area contributed by atoms with Gasteiger partial charge in [-0.25, -0.2) is 8.42 Å². The summed E-state index contributed by atoms with van der Waals surface area (Å²) in [6, 6.07) is 11.1. The molecule has 1 heterocycles. The van der Waals surface area contributed by atoms with Crippen LogP contribution in [0, 0.1) is 5.92 Å². The second-order valence-corrected chi connectivity index (χ2v) is 10.4. The first-order chi connectivity index (χ1) is 14.6. The van der Waals surface area contributed by atoms with Gasteiger partial charge in [-0.15, -0.1) is 11.8 Å². The third-order valence-electron chi connectivity index (χ3n) is 5.21. The molecule has 3 rings (SSSR count). The van der Waals surface area contributed by atoms with Crippen LogP contribution >= 0.6 is 11.8 Å². The molecule has 166 valence electrons. The fourth-order valence-electron chi connectivity index (χ4n) is 3.52. The summed E-state index contributed by atoms with van der Waals surface area (Å²) in [5.74, 6) is -0.753. The summed E-state index contributed by atoms with van der Waals surface area (Å²) in [7, 11) is -3.93. The highest BCUT2D eigenvalue weighted by molar-refractivity contribution is 7.98. The first kappa shape index (κ1) is 23.3. The smallest absolute Gasteiger partial charge is 0.242 e. The number of amides is 2. The molecule has 2 aromatic rings. The quantitative estimate of drug-likeness (QED) is 0.617. The Kier molecular flexibility index (Phi) is 7.08. The second kappa shape index (κ2) is 9.42. The number of rotatable bonds is 7. The first-order valence-electron chi connectivity index (χ1n) is 10.0. The standard InChI is InChI=1S/C22H27N3O4S2/c1-14(2)21(22(27)23-17-6-5-7-18(13-17)30-4)24-31(28,29)19-8-9-20-16(12-19)10-11-25(20)15(3)26/h5-9,12-14,21,24H,10-11H2,1-4H3,(H,23,27). The number of sulfonamides is 1. The van der Waals surface area contributed by atoms with Crippen LogP contribution in [0.5, 0.6) is 0 Å². The maximum Gasteiger partial charge on any atom is 0.242 e. The van der Waals surface area contributed by atoms with E-state index in [1.54, 1.807) is 48.7 Å². The normalized spacial score (nSPS) is 14.4. The highest BCUT2D eigenvalue weighted by Gasteiger charge is 2.30. The van der Waals surface area contributed by atoms with Crippen molar-refractivity contribution in [2.24, 2.45) is 5.92 Å². The van der Waals surface area contributed by atoms with Crippen molar-refractivity contribution < 1.29 is 18.0 Å². The van der Waals surface area contributed by atoms with Crippen molar-refractivity contribution in [3.8, 4) is 0 Å². The zero-order valence-corrected chi connectivity index (χ0v) is 19.6. The van der Waals surface area contributed by atoms with Crippen molar-refractivity contribution in [3.63, 3.8) is 0 Å². The van der Waals surface area contributed by atoms with E-state index in [2.05, 4.69) is 10.0 Å². The topological polar surface area (TPSA) is 95.6 Å². The molecule has 1 atom stereocenters. The number of hydrogen-bond acceptors (Lipinski definition) is 5. The number of benzene rings is 2. The molecule has 7 nitrogen and oxygen atoms in total. The van der Waals surface area contributed by atoms with E-state index in [0.29, 0.717) is 18.7 Å². The van der Waals surface area contributed by atoms with Crippen LogP contribution in [0.3, 0.4) is 0 Å². The largest absolute Gasteiger partial charge is 0.325 e. The molecule has 2 N–H and O–H groups in total.